The molecule has 0 aliphatic rings. The van der Waals surface area contributed by atoms with E-state index in [-0.39, 0.29) is 0 Å². The van der Waals surface area contributed by atoms with Gasteiger partial charge >= 0.3 is 0 Å². The van der Waals surface area contributed by atoms with E-state index in [2.05, 4.69) is 4.98 Å². The van der Waals surface area contributed by atoms with E-state index in [0.29, 0.717) is 21.3 Å². The standard InChI is InChI=1S/C12H6Cl2N2/c13-10-3-1-2-9(12(10)14)11-5-4-8(6-15)7-16-11/h1-5,7H. The molecule has 2 nitrogen and oxygen atoms in total. The van der Waals surface area contributed by atoms with Gasteiger partial charge in [0.1, 0.15) is 6.07 Å². The summed E-state index contributed by atoms with van der Waals surface area (Å²) in [5.41, 5.74) is 1.98. The first kappa shape index (κ1) is 10.9. The summed E-state index contributed by atoms with van der Waals surface area (Å²) in [5.74, 6) is 0. The van der Waals surface area contributed by atoms with E-state index in [9.17, 15) is 0 Å². The Morgan fingerprint density at radius 1 is 1.12 bits per heavy atom. The monoisotopic (exact) mass is 248 g/mol. The number of hydrogen-bond donors (Lipinski definition) is 0. The zero-order chi connectivity index (χ0) is 11.5. The number of hydrogen-bond acceptors (Lipinski definition) is 2. The van der Waals surface area contributed by atoms with E-state index >= 15 is 0 Å². The lowest BCUT2D eigenvalue weighted by molar-refractivity contribution is 1.30. The zero-order valence-corrected chi connectivity index (χ0v) is 9.63. The van der Waals surface area contributed by atoms with Gasteiger partial charge in [-0.3, -0.25) is 4.98 Å². The highest BCUT2D eigenvalue weighted by molar-refractivity contribution is 6.43. The van der Waals surface area contributed by atoms with Crippen LogP contribution in [0.1, 0.15) is 5.56 Å². The van der Waals surface area contributed by atoms with Gasteiger partial charge in [0.05, 0.1) is 21.3 Å². The summed E-state index contributed by atoms with van der Waals surface area (Å²) in [7, 11) is 0. The van der Waals surface area contributed by atoms with Crippen LogP contribution in [0.4, 0.5) is 0 Å². The Bertz CT molecular complexity index is 556. The molecule has 2 rings (SSSR count). The minimum Gasteiger partial charge on any atom is -0.255 e. The van der Waals surface area contributed by atoms with Crippen LogP contribution in [-0.4, -0.2) is 4.98 Å². The normalized spacial score (nSPS) is 9.81. The molecule has 0 amide bonds. The van der Waals surface area contributed by atoms with Crippen molar-refractivity contribution in [3.8, 4) is 17.3 Å². The number of rotatable bonds is 1. The van der Waals surface area contributed by atoms with Crippen molar-refractivity contribution >= 4 is 23.2 Å². The van der Waals surface area contributed by atoms with E-state index < -0.39 is 0 Å². The molecule has 0 N–H and O–H groups in total. The van der Waals surface area contributed by atoms with E-state index in [1.807, 2.05) is 18.2 Å². The predicted octanol–water partition coefficient (Wildman–Crippen LogP) is 3.93. The third-order valence-electron chi connectivity index (χ3n) is 2.12. The maximum Gasteiger partial charge on any atom is 0.101 e. The van der Waals surface area contributed by atoms with Crippen molar-refractivity contribution < 1.29 is 0 Å². The van der Waals surface area contributed by atoms with E-state index in [1.54, 1.807) is 18.2 Å². The van der Waals surface area contributed by atoms with Gasteiger partial charge in [-0.25, -0.2) is 0 Å². The topological polar surface area (TPSA) is 36.7 Å². The van der Waals surface area contributed by atoms with Gasteiger partial charge in [0.2, 0.25) is 0 Å². The maximum absolute atomic E-state index is 8.66. The van der Waals surface area contributed by atoms with Gasteiger partial charge in [-0.05, 0) is 18.2 Å². The molecule has 1 aromatic carbocycles. The first-order valence-corrected chi connectivity index (χ1v) is 5.28. The molecule has 0 atom stereocenters. The molecule has 16 heavy (non-hydrogen) atoms. The first-order chi connectivity index (χ1) is 7.72. The number of halogens is 2. The maximum atomic E-state index is 8.66. The molecule has 0 saturated heterocycles. The van der Waals surface area contributed by atoms with Crippen molar-refractivity contribution in [3.05, 3.63) is 52.1 Å². The van der Waals surface area contributed by atoms with Crippen LogP contribution in [-0.2, 0) is 0 Å². The van der Waals surface area contributed by atoms with Gasteiger partial charge < -0.3 is 0 Å². The second-order valence-corrected chi connectivity index (χ2v) is 3.93. The van der Waals surface area contributed by atoms with Crippen molar-refractivity contribution in [1.29, 1.82) is 5.26 Å². The fourth-order valence-electron chi connectivity index (χ4n) is 1.32. The molecule has 1 heterocycles. The average Bonchev–Trinajstić information content (AvgIpc) is 2.33. The lowest BCUT2D eigenvalue weighted by Crippen LogP contribution is -1.86. The van der Waals surface area contributed by atoms with Gasteiger partial charge in [0.25, 0.3) is 0 Å². The minimum absolute atomic E-state index is 0.473. The van der Waals surface area contributed by atoms with Crippen LogP contribution in [0.5, 0.6) is 0 Å². The molecule has 78 valence electrons. The largest absolute Gasteiger partial charge is 0.255 e. The second kappa shape index (κ2) is 4.52. The summed E-state index contributed by atoms with van der Waals surface area (Å²) in [4.78, 5) is 4.16. The van der Waals surface area contributed by atoms with Crippen molar-refractivity contribution in [1.82, 2.24) is 4.98 Å². The Kier molecular flexibility index (Phi) is 3.09. The van der Waals surface area contributed by atoms with Crippen LogP contribution < -0.4 is 0 Å². The summed E-state index contributed by atoms with van der Waals surface area (Å²) in [6.07, 6.45) is 1.51. The Hall–Kier alpha value is -1.56. The Balaban J connectivity index is 2.51. The van der Waals surface area contributed by atoms with Crippen LogP contribution in [0.15, 0.2) is 36.5 Å². The van der Waals surface area contributed by atoms with Crippen LogP contribution >= 0.6 is 23.2 Å². The fourth-order valence-corrected chi connectivity index (χ4v) is 1.72. The smallest absolute Gasteiger partial charge is 0.101 e. The fraction of sp³-hybridized carbons (Fsp3) is 0. The van der Waals surface area contributed by atoms with E-state index in [1.165, 1.54) is 6.20 Å². The number of benzene rings is 1. The van der Waals surface area contributed by atoms with Gasteiger partial charge in [0, 0.05) is 11.8 Å². The van der Waals surface area contributed by atoms with Gasteiger partial charge in [-0.15, -0.1) is 0 Å². The Morgan fingerprint density at radius 2 is 1.94 bits per heavy atom. The quantitative estimate of drug-likeness (QED) is 0.767. The Morgan fingerprint density at radius 3 is 2.56 bits per heavy atom. The van der Waals surface area contributed by atoms with Gasteiger partial charge in [-0.1, -0.05) is 35.3 Å². The van der Waals surface area contributed by atoms with E-state index in [4.69, 9.17) is 28.5 Å². The van der Waals surface area contributed by atoms with Crippen LogP contribution in [0.25, 0.3) is 11.3 Å². The third-order valence-corrected chi connectivity index (χ3v) is 2.94. The van der Waals surface area contributed by atoms with Crippen molar-refractivity contribution in [3.63, 3.8) is 0 Å². The highest BCUT2D eigenvalue weighted by Gasteiger charge is 2.07. The summed E-state index contributed by atoms with van der Waals surface area (Å²) in [5, 5.41) is 9.63. The summed E-state index contributed by atoms with van der Waals surface area (Å²) < 4.78 is 0. The van der Waals surface area contributed by atoms with Gasteiger partial charge in [0.15, 0.2) is 0 Å². The van der Waals surface area contributed by atoms with Crippen molar-refractivity contribution in [2.24, 2.45) is 0 Å². The van der Waals surface area contributed by atoms with Gasteiger partial charge in [-0.2, -0.15) is 5.26 Å². The van der Waals surface area contributed by atoms with E-state index in [0.717, 1.165) is 5.56 Å². The number of nitrogens with zero attached hydrogens (tertiary/aromatic N) is 2. The third kappa shape index (κ3) is 2.01. The zero-order valence-electron chi connectivity index (χ0n) is 8.11. The number of pyridine rings is 1. The molecule has 0 unspecified atom stereocenters. The molecule has 0 bridgehead atoms. The highest BCUT2D eigenvalue weighted by Crippen LogP contribution is 2.32. The molecule has 0 saturated carbocycles. The molecular formula is C12H6Cl2N2. The molecule has 0 fully saturated rings. The average molecular weight is 249 g/mol. The number of nitriles is 1. The molecule has 4 heteroatoms. The van der Waals surface area contributed by atoms with Crippen LogP contribution in [0.2, 0.25) is 10.0 Å². The second-order valence-electron chi connectivity index (χ2n) is 3.15. The summed E-state index contributed by atoms with van der Waals surface area (Å²) in [6.45, 7) is 0. The van der Waals surface area contributed by atoms with Crippen LogP contribution in [0, 0.1) is 11.3 Å². The summed E-state index contributed by atoms with van der Waals surface area (Å²) >= 11 is 12.0. The molecule has 0 radical (unpaired) electrons. The molecular weight excluding hydrogens is 243 g/mol. The lowest BCUT2D eigenvalue weighted by atomic mass is 10.1. The van der Waals surface area contributed by atoms with Crippen LogP contribution in [0.3, 0.4) is 0 Å². The SMILES string of the molecule is N#Cc1ccc(-c2cccc(Cl)c2Cl)nc1. The molecule has 0 aliphatic heterocycles. The molecule has 1 aromatic heterocycles. The predicted molar refractivity (Wildman–Crippen MR) is 64.4 cm³/mol. The molecule has 2 aromatic rings. The summed E-state index contributed by atoms with van der Waals surface area (Å²) in [6, 6.07) is 10.8. The highest BCUT2D eigenvalue weighted by atomic mass is 35.5. The molecule has 0 aliphatic carbocycles. The minimum atomic E-state index is 0.473. The molecule has 0 spiro atoms. The first-order valence-electron chi connectivity index (χ1n) is 4.53. The van der Waals surface area contributed by atoms with Crippen molar-refractivity contribution in [2.45, 2.75) is 0 Å². The number of aromatic nitrogens is 1. The van der Waals surface area contributed by atoms with Crippen molar-refractivity contribution in [2.75, 3.05) is 0 Å². The lowest BCUT2D eigenvalue weighted by Gasteiger charge is -2.04. The Labute approximate surface area is 103 Å².